The Hall–Kier alpha value is -2.03. The molecular formula is C20H21ClN2O4S2. The SMILES string of the molecule is CCC1Sc2ccc(S(=O)(=O)CCC(=O)Nc3cccc(Cl)c3C)cc2NC1=O. The van der Waals surface area contributed by atoms with Crippen molar-refractivity contribution < 1.29 is 18.0 Å². The summed E-state index contributed by atoms with van der Waals surface area (Å²) < 4.78 is 25.4. The van der Waals surface area contributed by atoms with Crippen LogP contribution in [0.5, 0.6) is 0 Å². The lowest BCUT2D eigenvalue weighted by Crippen LogP contribution is -2.28. The summed E-state index contributed by atoms with van der Waals surface area (Å²) in [6, 6.07) is 9.81. The highest BCUT2D eigenvalue weighted by molar-refractivity contribution is 8.01. The maximum Gasteiger partial charge on any atom is 0.237 e. The fourth-order valence-electron chi connectivity index (χ4n) is 2.89. The van der Waals surface area contributed by atoms with Gasteiger partial charge in [0.2, 0.25) is 11.8 Å². The number of halogens is 1. The van der Waals surface area contributed by atoms with E-state index in [4.69, 9.17) is 11.6 Å². The average Bonchev–Trinajstić information content (AvgIpc) is 2.69. The van der Waals surface area contributed by atoms with Crippen molar-refractivity contribution in [2.24, 2.45) is 0 Å². The molecule has 2 aromatic carbocycles. The molecular weight excluding hydrogens is 432 g/mol. The van der Waals surface area contributed by atoms with Gasteiger partial charge in [-0.15, -0.1) is 11.8 Å². The molecule has 3 rings (SSSR count). The van der Waals surface area contributed by atoms with Crippen LogP contribution in [0.1, 0.15) is 25.3 Å². The van der Waals surface area contributed by atoms with Crippen LogP contribution < -0.4 is 10.6 Å². The molecule has 2 N–H and O–H groups in total. The number of fused-ring (bicyclic) bond motifs is 1. The van der Waals surface area contributed by atoms with E-state index >= 15 is 0 Å². The summed E-state index contributed by atoms with van der Waals surface area (Å²) in [5.74, 6) is -0.877. The molecule has 0 aliphatic carbocycles. The minimum Gasteiger partial charge on any atom is -0.326 e. The zero-order valence-electron chi connectivity index (χ0n) is 16.0. The quantitative estimate of drug-likeness (QED) is 0.682. The molecule has 1 unspecified atom stereocenters. The van der Waals surface area contributed by atoms with E-state index in [1.54, 1.807) is 31.2 Å². The minimum atomic E-state index is -3.68. The molecule has 1 atom stereocenters. The number of sulfone groups is 1. The summed E-state index contributed by atoms with van der Waals surface area (Å²) in [5, 5.41) is 5.81. The van der Waals surface area contributed by atoms with E-state index in [0.717, 1.165) is 10.5 Å². The molecule has 0 saturated carbocycles. The number of hydrogen-bond acceptors (Lipinski definition) is 5. The first kappa shape index (κ1) is 21.7. The largest absolute Gasteiger partial charge is 0.326 e. The van der Waals surface area contributed by atoms with Crippen molar-refractivity contribution in [2.75, 3.05) is 16.4 Å². The number of benzene rings is 2. The number of rotatable bonds is 6. The van der Waals surface area contributed by atoms with Crippen LogP contribution in [0.4, 0.5) is 11.4 Å². The van der Waals surface area contributed by atoms with Crippen LogP contribution in [0.15, 0.2) is 46.2 Å². The smallest absolute Gasteiger partial charge is 0.237 e. The maximum absolute atomic E-state index is 12.7. The van der Waals surface area contributed by atoms with Gasteiger partial charge in [0.15, 0.2) is 9.84 Å². The van der Waals surface area contributed by atoms with Crippen LogP contribution in [0.25, 0.3) is 0 Å². The standard InChI is InChI=1S/C20H21ClN2O4S2/c1-3-17-20(25)23-16-11-13(7-8-18(16)28-17)29(26,27)10-9-19(24)22-15-6-4-5-14(21)12(15)2/h4-8,11,17H,3,9-10H2,1-2H3,(H,22,24)(H,23,25). The lowest BCUT2D eigenvalue weighted by Gasteiger charge is -2.23. The second-order valence-electron chi connectivity index (χ2n) is 6.69. The topological polar surface area (TPSA) is 92.3 Å². The number of anilines is 2. The van der Waals surface area contributed by atoms with Crippen molar-refractivity contribution in [3.63, 3.8) is 0 Å². The summed E-state index contributed by atoms with van der Waals surface area (Å²) in [6.07, 6.45) is 0.502. The van der Waals surface area contributed by atoms with Crippen molar-refractivity contribution in [3.05, 3.63) is 47.0 Å². The van der Waals surface area contributed by atoms with Crippen LogP contribution in [0.2, 0.25) is 5.02 Å². The molecule has 1 heterocycles. The minimum absolute atomic E-state index is 0.0823. The van der Waals surface area contributed by atoms with Gasteiger partial charge < -0.3 is 10.6 Å². The van der Waals surface area contributed by atoms with Gasteiger partial charge in [0.05, 0.1) is 21.6 Å². The molecule has 154 valence electrons. The summed E-state index contributed by atoms with van der Waals surface area (Å²) in [7, 11) is -3.68. The number of hydrogen-bond donors (Lipinski definition) is 2. The van der Waals surface area contributed by atoms with Crippen molar-refractivity contribution >= 4 is 56.4 Å². The Labute approximate surface area is 179 Å². The predicted octanol–water partition coefficient (Wildman–Crippen LogP) is 4.27. The fraction of sp³-hybridized carbons (Fsp3) is 0.300. The molecule has 0 radical (unpaired) electrons. The Morgan fingerprint density at radius 1 is 1.28 bits per heavy atom. The Bertz CT molecular complexity index is 1070. The summed E-state index contributed by atoms with van der Waals surface area (Å²) in [6.45, 7) is 3.70. The molecule has 2 amide bonds. The van der Waals surface area contributed by atoms with E-state index in [9.17, 15) is 18.0 Å². The fourth-order valence-corrected chi connectivity index (χ4v) is 5.35. The van der Waals surface area contributed by atoms with E-state index in [-0.39, 0.29) is 28.2 Å². The van der Waals surface area contributed by atoms with Crippen LogP contribution in [0, 0.1) is 6.92 Å². The molecule has 0 bridgehead atoms. The highest BCUT2D eigenvalue weighted by Crippen LogP contribution is 2.38. The van der Waals surface area contributed by atoms with Crippen molar-refractivity contribution in [2.45, 2.75) is 41.7 Å². The van der Waals surface area contributed by atoms with Gasteiger partial charge in [-0.2, -0.15) is 0 Å². The van der Waals surface area contributed by atoms with Gasteiger partial charge in [0.1, 0.15) is 0 Å². The van der Waals surface area contributed by atoms with Crippen molar-refractivity contribution in [1.29, 1.82) is 0 Å². The van der Waals surface area contributed by atoms with Crippen LogP contribution in [-0.4, -0.2) is 31.2 Å². The molecule has 0 fully saturated rings. The number of carbonyl (C=O) groups excluding carboxylic acids is 2. The molecule has 0 aromatic heterocycles. The second kappa shape index (κ2) is 8.77. The van der Waals surface area contributed by atoms with E-state index in [0.29, 0.717) is 22.8 Å². The third-order valence-corrected chi connectivity index (χ3v) is 8.21. The molecule has 1 aliphatic heterocycles. The van der Waals surface area contributed by atoms with Crippen LogP contribution >= 0.6 is 23.4 Å². The average molecular weight is 453 g/mol. The summed E-state index contributed by atoms with van der Waals surface area (Å²) in [4.78, 5) is 25.2. The molecule has 6 nitrogen and oxygen atoms in total. The van der Waals surface area contributed by atoms with Crippen LogP contribution in [0.3, 0.4) is 0 Å². The van der Waals surface area contributed by atoms with E-state index in [1.165, 1.54) is 23.9 Å². The first-order valence-corrected chi connectivity index (χ1v) is 12.0. The van der Waals surface area contributed by atoms with Gasteiger partial charge in [-0.05, 0) is 49.2 Å². The number of nitrogens with one attached hydrogen (secondary N) is 2. The van der Waals surface area contributed by atoms with Gasteiger partial charge >= 0.3 is 0 Å². The second-order valence-corrected chi connectivity index (χ2v) is 10.5. The molecule has 0 saturated heterocycles. The zero-order chi connectivity index (χ0) is 21.2. The van der Waals surface area contributed by atoms with Gasteiger partial charge in [-0.3, -0.25) is 9.59 Å². The van der Waals surface area contributed by atoms with Crippen LogP contribution in [-0.2, 0) is 19.4 Å². The van der Waals surface area contributed by atoms with E-state index in [2.05, 4.69) is 10.6 Å². The van der Waals surface area contributed by atoms with E-state index in [1.807, 2.05) is 6.92 Å². The Morgan fingerprint density at radius 3 is 2.76 bits per heavy atom. The number of carbonyl (C=O) groups is 2. The summed E-state index contributed by atoms with van der Waals surface area (Å²) in [5.41, 5.74) is 1.77. The predicted molar refractivity (Wildman–Crippen MR) is 116 cm³/mol. The highest BCUT2D eigenvalue weighted by Gasteiger charge is 2.27. The zero-order valence-corrected chi connectivity index (χ0v) is 18.4. The molecule has 0 spiro atoms. The monoisotopic (exact) mass is 452 g/mol. The Morgan fingerprint density at radius 2 is 2.03 bits per heavy atom. The number of thioether (sulfide) groups is 1. The van der Waals surface area contributed by atoms with Crippen molar-refractivity contribution in [3.8, 4) is 0 Å². The van der Waals surface area contributed by atoms with Crippen molar-refractivity contribution in [1.82, 2.24) is 0 Å². The normalized spacial score (nSPS) is 16.1. The lowest BCUT2D eigenvalue weighted by atomic mass is 10.2. The highest BCUT2D eigenvalue weighted by atomic mass is 35.5. The molecule has 1 aliphatic rings. The number of amides is 2. The maximum atomic E-state index is 12.7. The van der Waals surface area contributed by atoms with Gasteiger partial charge in [0.25, 0.3) is 0 Å². The molecule has 29 heavy (non-hydrogen) atoms. The lowest BCUT2D eigenvalue weighted by molar-refractivity contribution is -0.116. The molecule has 9 heteroatoms. The van der Waals surface area contributed by atoms with Gasteiger partial charge in [0, 0.05) is 22.0 Å². The summed E-state index contributed by atoms with van der Waals surface area (Å²) >= 11 is 7.46. The van der Waals surface area contributed by atoms with Gasteiger partial charge in [-0.1, -0.05) is 24.6 Å². The third-order valence-electron chi connectivity index (χ3n) is 4.64. The molecule has 2 aromatic rings. The first-order valence-electron chi connectivity index (χ1n) is 9.10. The Kier molecular flexibility index (Phi) is 6.55. The van der Waals surface area contributed by atoms with E-state index < -0.39 is 15.7 Å². The third kappa shape index (κ3) is 4.94. The first-order chi connectivity index (χ1) is 13.7. The van der Waals surface area contributed by atoms with Gasteiger partial charge in [-0.25, -0.2) is 8.42 Å². The Balaban J connectivity index is 1.68.